The summed E-state index contributed by atoms with van der Waals surface area (Å²) >= 11 is 1.94. The molecule has 1 aromatic carbocycles. The Balaban J connectivity index is 2.51. The molecule has 0 atom stereocenters. The highest BCUT2D eigenvalue weighted by Crippen LogP contribution is 2.10. The summed E-state index contributed by atoms with van der Waals surface area (Å²) in [6.45, 7) is 2.04. The van der Waals surface area contributed by atoms with E-state index < -0.39 is 5.91 Å². The van der Waals surface area contributed by atoms with Crippen LogP contribution in [-0.4, -0.2) is 15.5 Å². The van der Waals surface area contributed by atoms with Gasteiger partial charge in [-0.1, -0.05) is 18.2 Å². The van der Waals surface area contributed by atoms with Crippen molar-refractivity contribution in [3.05, 3.63) is 61.3 Å². The van der Waals surface area contributed by atoms with Crippen molar-refractivity contribution in [1.29, 1.82) is 0 Å². The lowest BCUT2D eigenvalue weighted by molar-refractivity contribution is 0.0999. The maximum Gasteiger partial charge on any atom is 0.267 e. The molecule has 0 saturated carbocycles. The predicted octanol–water partition coefficient (Wildman–Crippen LogP) is 1.30. The van der Waals surface area contributed by atoms with Crippen LogP contribution in [0.2, 0.25) is 0 Å². The number of aryl methyl sites for hydroxylation is 1. The maximum atomic E-state index is 12.1. The summed E-state index contributed by atoms with van der Waals surface area (Å²) < 4.78 is 2.07. The number of halogens is 1. The molecule has 0 bridgehead atoms. The largest absolute Gasteiger partial charge is 0.366 e. The van der Waals surface area contributed by atoms with Crippen molar-refractivity contribution >= 4 is 28.5 Å². The first-order chi connectivity index (χ1) is 9.00. The number of aromatic nitrogens is 2. The summed E-state index contributed by atoms with van der Waals surface area (Å²) in [6.07, 6.45) is 1.54. The van der Waals surface area contributed by atoms with Gasteiger partial charge < -0.3 is 5.73 Å². The molecule has 0 saturated heterocycles. The third-order valence-electron chi connectivity index (χ3n) is 2.82. The Morgan fingerprint density at radius 1 is 1.42 bits per heavy atom. The van der Waals surface area contributed by atoms with Crippen LogP contribution >= 0.6 is 22.6 Å². The van der Waals surface area contributed by atoms with E-state index in [2.05, 4.69) is 4.98 Å². The van der Waals surface area contributed by atoms with Crippen molar-refractivity contribution in [2.45, 2.75) is 13.5 Å². The Hall–Kier alpha value is -1.70. The highest BCUT2D eigenvalue weighted by atomic mass is 127. The Bertz CT molecular complexity index is 695. The standard InChI is InChI=1S/C13H12IN3O2/c1-8-16-6-11(14)13(19)17(8)7-9-4-2-3-5-10(9)12(15)18/h2-6H,7H2,1H3,(H2,15,18). The summed E-state index contributed by atoms with van der Waals surface area (Å²) in [4.78, 5) is 27.6. The Morgan fingerprint density at radius 3 is 2.79 bits per heavy atom. The second kappa shape index (κ2) is 5.52. The molecule has 98 valence electrons. The van der Waals surface area contributed by atoms with Crippen LogP contribution in [0.25, 0.3) is 0 Å². The Kier molecular flexibility index (Phi) is 3.98. The number of nitrogens with zero attached hydrogens (tertiary/aromatic N) is 2. The lowest BCUT2D eigenvalue weighted by Crippen LogP contribution is -2.27. The Morgan fingerprint density at radius 2 is 2.11 bits per heavy atom. The van der Waals surface area contributed by atoms with Crippen molar-refractivity contribution in [1.82, 2.24) is 9.55 Å². The van der Waals surface area contributed by atoms with Crippen LogP contribution < -0.4 is 11.3 Å². The molecule has 0 fully saturated rings. The number of carbonyl (C=O) groups is 1. The smallest absolute Gasteiger partial charge is 0.267 e. The zero-order valence-corrected chi connectivity index (χ0v) is 12.4. The number of hydrogen-bond acceptors (Lipinski definition) is 3. The molecule has 5 nitrogen and oxygen atoms in total. The van der Waals surface area contributed by atoms with E-state index in [9.17, 15) is 9.59 Å². The van der Waals surface area contributed by atoms with Crippen molar-refractivity contribution < 1.29 is 4.79 Å². The van der Waals surface area contributed by atoms with Gasteiger partial charge in [-0.15, -0.1) is 0 Å². The van der Waals surface area contributed by atoms with E-state index in [4.69, 9.17) is 5.73 Å². The zero-order chi connectivity index (χ0) is 14.0. The van der Waals surface area contributed by atoms with Crippen molar-refractivity contribution in [3.63, 3.8) is 0 Å². The van der Waals surface area contributed by atoms with Gasteiger partial charge in [0.1, 0.15) is 5.82 Å². The van der Waals surface area contributed by atoms with Crippen LogP contribution in [0.3, 0.4) is 0 Å². The van der Waals surface area contributed by atoms with Gasteiger partial charge in [-0.2, -0.15) is 0 Å². The van der Waals surface area contributed by atoms with E-state index in [1.165, 1.54) is 10.8 Å². The normalized spacial score (nSPS) is 10.4. The molecule has 0 aliphatic heterocycles. The number of hydrogen-bond donors (Lipinski definition) is 1. The molecule has 6 heteroatoms. The highest BCUT2D eigenvalue weighted by molar-refractivity contribution is 14.1. The molecule has 2 rings (SSSR count). The number of benzene rings is 1. The first-order valence-corrected chi connectivity index (χ1v) is 6.68. The summed E-state index contributed by atoms with van der Waals surface area (Å²) in [5, 5.41) is 0. The van der Waals surface area contributed by atoms with Crippen LogP contribution in [0.5, 0.6) is 0 Å². The van der Waals surface area contributed by atoms with Crippen molar-refractivity contribution in [3.8, 4) is 0 Å². The van der Waals surface area contributed by atoms with Crippen LogP contribution in [-0.2, 0) is 6.54 Å². The third kappa shape index (κ3) is 2.83. The molecular weight excluding hydrogens is 357 g/mol. The van der Waals surface area contributed by atoms with Crippen LogP contribution in [0, 0.1) is 10.5 Å². The summed E-state index contributed by atoms with van der Waals surface area (Å²) in [5.41, 5.74) is 6.35. The monoisotopic (exact) mass is 369 g/mol. The molecule has 1 amide bonds. The van der Waals surface area contributed by atoms with Crippen molar-refractivity contribution in [2.75, 3.05) is 0 Å². The van der Waals surface area contributed by atoms with Gasteiger partial charge >= 0.3 is 0 Å². The fraction of sp³-hybridized carbons (Fsp3) is 0.154. The SMILES string of the molecule is Cc1ncc(I)c(=O)n1Cc1ccccc1C(N)=O. The third-order valence-corrected chi connectivity index (χ3v) is 3.56. The molecule has 0 spiro atoms. The summed E-state index contributed by atoms with van der Waals surface area (Å²) in [5.74, 6) is 0.101. The minimum atomic E-state index is -0.500. The molecule has 0 unspecified atom stereocenters. The number of rotatable bonds is 3. The van der Waals surface area contributed by atoms with Crippen LogP contribution in [0.4, 0.5) is 0 Å². The summed E-state index contributed by atoms with van der Waals surface area (Å²) in [6, 6.07) is 6.99. The van der Waals surface area contributed by atoms with Gasteiger partial charge in [-0.25, -0.2) is 4.98 Å². The minimum Gasteiger partial charge on any atom is -0.366 e. The predicted molar refractivity (Wildman–Crippen MR) is 80.0 cm³/mol. The lowest BCUT2D eigenvalue weighted by atomic mass is 10.1. The van der Waals surface area contributed by atoms with Crippen LogP contribution in [0.15, 0.2) is 35.3 Å². The second-order valence-corrected chi connectivity index (χ2v) is 5.23. The van der Waals surface area contributed by atoms with E-state index in [-0.39, 0.29) is 12.1 Å². The molecular formula is C13H12IN3O2. The number of carbonyl (C=O) groups excluding carboxylic acids is 1. The van der Waals surface area contributed by atoms with Gasteiger partial charge in [-0.05, 0) is 41.1 Å². The maximum absolute atomic E-state index is 12.1. The molecule has 1 heterocycles. The summed E-state index contributed by atoms with van der Waals surface area (Å²) in [7, 11) is 0. The molecule has 0 aliphatic rings. The van der Waals surface area contributed by atoms with Crippen molar-refractivity contribution in [2.24, 2.45) is 5.73 Å². The fourth-order valence-corrected chi connectivity index (χ4v) is 2.24. The molecule has 2 aromatic rings. The molecule has 0 radical (unpaired) electrons. The molecule has 0 aliphatic carbocycles. The number of nitrogens with two attached hydrogens (primary N) is 1. The van der Waals surface area contributed by atoms with Gasteiger partial charge in [-0.3, -0.25) is 14.2 Å². The molecule has 19 heavy (non-hydrogen) atoms. The quantitative estimate of drug-likeness (QED) is 0.829. The van der Waals surface area contributed by atoms with E-state index in [1.54, 1.807) is 25.1 Å². The fourth-order valence-electron chi connectivity index (χ4n) is 1.81. The molecule has 2 N–H and O–H groups in total. The zero-order valence-electron chi connectivity index (χ0n) is 10.3. The van der Waals surface area contributed by atoms with E-state index >= 15 is 0 Å². The van der Waals surface area contributed by atoms with E-state index in [1.807, 2.05) is 28.7 Å². The van der Waals surface area contributed by atoms with Gasteiger partial charge in [0, 0.05) is 11.8 Å². The Labute approximate surface area is 123 Å². The average molecular weight is 369 g/mol. The van der Waals surface area contributed by atoms with Gasteiger partial charge in [0.05, 0.1) is 10.1 Å². The second-order valence-electron chi connectivity index (χ2n) is 4.07. The minimum absolute atomic E-state index is 0.118. The first kappa shape index (κ1) is 13.7. The highest BCUT2D eigenvalue weighted by Gasteiger charge is 2.11. The topological polar surface area (TPSA) is 78.0 Å². The lowest BCUT2D eigenvalue weighted by Gasteiger charge is -2.11. The average Bonchev–Trinajstić information content (AvgIpc) is 2.39. The van der Waals surface area contributed by atoms with Gasteiger partial charge in [0.2, 0.25) is 5.91 Å². The number of primary amides is 1. The van der Waals surface area contributed by atoms with Gasteiger partial charge in [0.15, 0.2) is 0 Å². The molecule has 1 aromatic heterocycles. The van der Waals surface area contributed by atoms with Gasteiger partial charge in [0.25, 0.3) is 5.56 Å². The first-order valence-electron chi connectivity index (χ1n) is 5.60. The number of amides is 1. The van der Waals surface area contributed by atoms with Crippen LogP contribution in [0.1, 0.15) is 21.7 Å². The van der Waals surface area contributed by atoms with E-state index in [0.717, 1.165) is 0 Å². The van der Waals surface area contributed by atoms with E-state index in [0.29, 0.717) is 20.5 Å².